The summed E-state index contributed by atoms with van der Waals surface area (Å²) in [5.41, 5.74) is 1.08. The molecule has 0 N–H and O–H groups in total. The van der Waals surface area contributed by atoms with Crippen molar-refractivity contribution in [2.24, 2.45) is 5.92 Å². The monoisotopic (exact) mass is 234 g/mol. The number of hydrogen-bond donors (Lipinski definition) is 0. The minimum absolute atomic E-state index is 0.236. The Morgan fingerprint density at radius 2 is 2.24 bits per heavy atom. The Bertz CT molecular complexity index is 379. The Morgan fingerprint density at radius 3 is 2.82 bits per heavy atom. The molecular formula is C14H22N2O. The molecule has 1 heterocycles. The molecule has 1 unspecified atom stereocenters. The van der Waals surface area contributed by atoms with Gasteiger partial charge in [0.1, 0.15) is 5.78 Å². The first-order valence-corrected chi connectivity index (χ1v) is 6.81. The van der Waals surface area contributed by atoms with Gasteiger partial charge in [0.15, 0.2) is 0 Å². The Morgan fingerprint density at radius 1 is 1.47 bits per heavy atom. The predicted octanol–water partition coefficient (Wildman–Crippen LogP) is 3.16. The maximum absolute atomic E-state index is 11.6. The lowest BCUT2D eigenvalue weighted by atomic mass is 10.0. The first-order chi connectivity index (χ1) is 8.24. The summed E-state index contributed by atoms with van der Waals surface area (Å²) in [5, 5.41) is 4.61. The Balaban J connectivity index is 2.00. The molecule has 1 atom stereocenters. The third-order valence-electron chi connectivity index (χ3n) is 3.87. The quantitative estimate of drug-likeness (QED) is 0.784. The molecule has 0 saturated heterocycles. The third-order valence-corrected chi connectivity index (χ3v) is 3.87. The maximum atomic E-state index is 11.6. The molecule has 0 radical (unpaired) electrons. The fourth-order valence-corrected chi connectivity index (χ4v) is 2.71. The van der Waals surface area contributed by atoms with Gasteiger partial charge in [0.25, 0.3) is 0 Å². The smallest absolute Gasteiger partial charge is 0.136 e. The van der Waals surface area contributed by atoms with Gasteiger partial charge < -0.3 is 0 Å². The van der Waals surface area contributed by atoms with E-state index in [4.69, 9.17) is 0 Å². The van der Waals surface area contributed by atoms with Crippen LogP contribution in [-0.2, 0) is 11.2 Å². The molecule has 94 valence electrons. The topological polar surface area (TPSA) is 34.9 Å². The van der Waals surface area contributed by atoms with Crippen LogP contribution in [0.25, 0.3) is 0 Å². The SMILES string of the molecule is CCC(CC)n1ccc(CC2CCCC2=O)n1. The van der Waals surface area contributed by atoms with E-state index in [0.29, 0.717) is 11.8 Å². The number of rotatable bonds is 5. The molecule has 1 fully saturated rings. The van der Waals surface area contributed by atoms with Crippen LogP contribution in [0.3, 0.4) is 0 Å². The van der Waals surface area contributed by atoms with E-state index < -0.39 is 0 Å². The second kappa shape index (κ2) is 5.48. The van der Waals surface area contributed by atoms with Crippen LogP contribution in [0.15, 0.2) is 12.3 Å². The van der Waals surface area contributed by atoms with Crippen molar-refractivity contribution < 1.29 is 4.79 Å². The van der Waals surface area contributed by atoms with Crippen LogP contribution in [0.5, 0.6) is 0 Å². The van der Waals surface area contributed by atoms with E-state index in [2.05, 4.69) is 35.9 Å². The minimum Gasteiger partial charge on any atom is -0.299 e. The molecule has 1 aliphatic carbocycles. The van der Waals surface area contributed by atoms with Crippen molar-refractivity contribution in [2.75, 3.05) is 0 Å². The number of carbonyl (C=O) groups is 1. The lowest BCUT2D eigenvalue weighted by Gasteiger charge is -2.12. The van der Waals surface area contributed by atoms with Crippen LogP contribution in [0, 0.1) is 5.92 Å². The zero-order valence-corrected chi connectivity index (χ0v) is 10.9. The van der Waals surface area contributed by atoms with Crippen LogP contribution < -0.4 is 0 Å². The molecule has 0 spiro atoms. The van der Waals surface area contributed by atoms with Crippen LogP contribution in [-0.4, -0.2) is 15.6 Å². The summed E-state index contributed by atoms with van der Waals surface area (Å²) in [6.45, 7) is 4.38. The summed E-state index contributed by atoms with van der Waals surface area (Å²) < 4.78 is 2.06. The Kier molecular flexibility index (Phi) is 3.97. The van der Waals surface area contributed by atoms with E-state index in [9.17, 15) is 4.79 Å². The van der Waals surface area contributed by atoms with Crippen molar-refractivity contribution in [1.82, 2.24) is 9.78 Å². The van der Waals surface area contributed by atoms with Crippen molar-refractivity contribution in [2.45, 2.75) is 58.4 Å². The third kappa shape index (κ3) is 2.76. The van der Waals surface area contributed by atoms with E-state index in [1.165, 1.54) is 0 Å². The van der Waals surface area contributed by atoms with Gasteiger partial charge in [-0.1, -0.05) is 13.8 Å². The number of nitrogens with zero attached hydrogens (tertiary/aromatic N) is 2. The Labute approximate surface area is 103 Å². The summed E-state index contributed by atoms with van der Waals surface area (Å²) in [6, 6.07) is 2.58. The van der Waals surface area contributed by atoms with Gasteiger partial charge in [-0.3, -0.25) is 9.48 Å². The van der Waals surface area contributed by atoms with Gasteiger partial charge in [-0.05, 0) is 31.7 Å². The van der Waals surface area contributed by atoms with Gasteiger partial charge >= 0.3 is 0 Å². The average molecular weight is 234 g/mol. The maximum Gasteiger partial charge on any atom is 0.136 e. The molecule has 1 aromatic heterocycles. The molecule has 17 heavy (non-hydrogen) atoms. The van der Waals surface area contributed by atoms with Gasteiger partial charge in [0, 0.05) is 25.0 Å². The zero-order chi connectivity index (χ0) is 12.3. The largest absolute Gasteiger partial charge is 0.299 e. The highest BCUT2D eigenvalue weighted by atomic mass is 16.1. The molecule has 3 heteroatoms. The summed E-state index contributed by atoms with van der Waals surface area (Å²) in [4.78, 5) is 11.6. The lowest BCUT2D eigenvalue weighted by molar-refractivity contribution is -0.120. The van der Waals surface area contributed by atoms with E-state index in [0.717, 1.165) is 44.2 Å². The van der Waals surface area contributed by atoms with Crippen LogP contribution in [0.1, 0.15) is 57.7 Å². The predicted molar refractivity (Wildman–Crippen MR) is 67.9 cm³/mol. The highest BCUT2D eigenvalue weighted by Gasteiger charge is 2.25. The standard InChI is InChI=1S/C14H22N2O/c1-3-13(4-2)16-9-8-12(15-16)10-11-6-5-7-14(11)17/h8-9,11,13H,3-7,10H2,1-2H3. The number of aromatic nitrogens is 2. The lowest BCUT2D eigenvalue weighted by Crippen LogP contribution is -2.12. The summed E-state index contributed by atoms with van der Waals surface area (Å²) in [7, 11) is 0. The van der Waals surface area contributed by atoms with Gasteiger partial charge in [-0.25, -0.2) is 0 Å². The molecule has 0 bridgehead atoms. The average Bonchev–Trinajstić information content (AvgIpc) is 2.92. The summed E-state index contributed by atoms with van der Waals surface area (Å²) >= 11 is 0. The molecule has 0 aliphatic heterocycles. The van der Waals surface area contributed by atoms with Crippen LogP contribution in [0.4, 0.5) is 0 Å². The first-order valence-electron chi connectivity index (χ1n) is 6.81. The van der Waals surface area contributed by atoms with Crippen molar-refractivity contribution in [3.05, 3.63) is 18.0 Å². The van der Waals surface area contributed by atoms with Gasteiger partial charge in [0.2, 0.25) is 0 Å². The van der Waals surface area contributed by atoms with E-state index in [-0.39, 0.29) is 5.92 Å². The number of carbonyl (C=O) groups excluding carboxylic acids is 1. The molecular weight excluding hydrogens is 212 g/mol. The molecule has 1 aromatic rings. The van der Waals surface area contributed by atoms with Crippen LogP contribution >= 0.6 is 0 Å². The first kappa shape index (κ1) is 12.3. The van der Waals surface area contributed by atoms with Crippen molar-refractivity contribution >= 4 is 5.78 Å². The highest BCUT2D eigenvalue weighted by molar-refractivity contribution is 5.83. The van der Waals surface area contributed by atoms with E-state index >= 15 is 0 Å². The molecule has 1 saturated carbocycles. The minimum atomic E-state index is 0.236. The molecule has 0 aromatic carbocycles. The van der Waals surface area contributed by atoms with Crippen LogP contribution in [0.2, 0.25) is 0 Å². The molecule has 2 rings (SSSR count). The van der Waals surface area contributed by atoms with Gasteiger partial charge in [0.05, 0.1) is 11.7 Å². The number of ketones is 1. The normalized spacial score (nSPS) is 20.4. The molecule has 1 aliphatic rings. The van der Waals surface area contributed by atoms with Gasteiger partial charge in [-0.15, -0.1) is 0 Å². The summed E-state index contributed by atoms with van der Waals surface area (Å²) in [5.74, 6) is 0.669. The van der Waals surface area contributed by atoms with Gasteiger partial charge in [-0.2, -0.15) is 5.10 Å². The Hall–Kier alpha value is -1.12. The second-order valence-electron chi connectivity index (χ2n) is 5.02. The highest BCUT2D eigenvalue weighted by Crippen LogP contribution is 2.25. The fourth-order valence-electron chi connectivity index (χ4n) is 2.71. The van der Waals surface area contributed by atoms with Crippen molar-refractivity contribution in [3.8, 4) is 0 Å². The van der Waals surface area contributed by atoms with E-state index in [1.54, 1.807) is 0 Å². The summed E-state index contributed by atoms with van der Waals surface area (Å²) in [6.07, 6.45) is 8.02. The van der Waals surface area contributed by atoms with E-state index in [1.807, 2.05) is 0 Å². The molecule has 0 amide bonds. The fraction of sp³-hybridized carbons (Fsp3) is 0.714. The van der Waals surface area contributed by atoms with Crippen molar-refractivity contribution in [3.63, 3.8) is 0 Å². The number of hydrogen-bond acceptors (Lipinski definition) is 2. The molecule has 3 nitrogen and oxygen atoms in total. The second-order valence-corrected chi connectivity index (χ2v) is 5.02. The number of Topliss-reactive ketones (excluding diaryl/α,β-unsaturated/α-hetero) is 1. The zero-order valence-electron chi connectivity index (χ0n) is 10.9. The van der Waals surface area contributed by atoms with Crippen molar-refractivity contribution in [1.29, 1.82) is 0 Å².